The van der Waals surface area contributed by atoms with Crippen LogP contribution >= 0.6 is 27.5 Å². The topological polar surface area (TPSA) is 17.1 Å². The summed E-state index contributed by atoms with van der Waals surface area (Å²) in [6, 6.07) is 5.42. The van der Waals surface area contributed by atoms with Gasteiger partial charge < -0.3 is 4.79 Å². The van der Waals surface area contributed by atoms with Gasteiger partial charge in [-0.05, 0) is 17.7 Å². The van der Waals surface area contributed by atoms with Crippen LogP contribution in [-0.2, 0) is 4.79 Å². The van der Waals surface area contributed by atoms with Crippen molar-refractivity contribution in [2.24, 2.45) is 0 Å². The molecule has 1 atom stereocenters. The van der Waals surface area contributed by atoms with Crippen molar-refractivity contribution >= 4 is 33.8 Å². The lowest BCUT2D eigenvalue weighted by atomic mass is 10.0. The molecule has 0 aromatic heterocycles. The zero-order valence-corrected chi connectivity index (χ0v) is 8.89. The van der Waals surface area contributed by atoms with Gasteiger partial charge in [-0.25, -0.2) is 0 Å². The summed E-state index contributed by atoms with van der Waals surface area (Å²) in [7, 11) is 0. The Hall–Kier alpha value is -0.340. The molecule has 1 rings (SSSR count). The highest BCUT2D eigenvalue weighted by Gasteiger charge is 2.07. The minimum absolute atomic E-state index is 0.0864. The fourth-order valence-corrected chi connectivity index (χ4v) is 1.99. The van der Waals surface area contributed by atoms with Crippen molar-refractivity contribution in [3.8, 4) is 0 Å². The molecular weight excluding hydrogens is 239 g/mol. The van der Waals surface area contributed by atoms with Gasteiger partial charge in [0.05, 0.1) is 0 Å². The highest BCUT2D eigenvalue weighted by Crippen LogP contribution is 2.26. The highest BCUT2D eigenvalue weighted by molar-refractivity contribution is 9.10. The molecule has 0 N–H and O–H groups in total. The second kappa shape index (κ2) is 4.06. The minimum atomic E-state index is -0.0864. The fourth-order valence-electron chi connectivity index (χ4n) is 0.944. The smallest absolute Gasteiger partial charge is 0.127 e. The van der Waals surface area contributed by atoms with Gasteiger partial charge in [0.15, 0.2) is 0 Å². The number of hydrogen-bond acceptors (Lipinski definition) is 1. The summed E-state index contributed by atoms with van der Waals surface area (Å²) in [5.74, 6) is -0.0864. The SMILES string of the molecule is C[C@@H](C=O)c1ccc(Cl)cc1Br. The number of benzene rings is 1. The standard InChI is InChI=1S/C9H8BrClO/c1-6(5-12)8-3-2-7(11)4-9(8)10/h2-6H,1H3/t6-/m0/s1. The first kappa shape index (κ1) is 9.75. The lowest BCUT2D eigenvalue weighted by molar-refractivity contribution is -0.108. The summed E-state index contributed by atoms with van der Waals surface area (Å²) in [6.45, 7) is 1.85. The van der Waals surface area contributed by atoms with E-state index in [1.807, 2.05) is 13.0 Å². The monoisotopic (exact) mass is 246 g/mol. The van der Waals surface area contributed by atoms with Gasteiger partial charge in [-0.15, -0.1) is 0 Å². The first-order valence-electron chi connectivity index (χ1n) is 3.55. The minimum Gasteiger partial charge on any atom is -0.303 e. The number of rotatable bonds is 2. The second-order valence-corrected chi connectivity index (χ2v) is 3.88. The summed E-state index contributed by atoms with van der Waals surface area (Å²) in [5, 5.41) is 0.670. The molecule has 0 saturated heterocycles. The van der Waals surface area contributed by atoms with Gasteiger partial charge in [0.25, 0.3) is 0 Å². The van der Waals surface area contributed by atoms with E-state index < -0.39 is 0 Å². The summed E-state index contributed by atoms with van der Waals surface area (Å²) in [4.78, 5) is 10.5. The third-order valence-corrected chi connectivity index (χ3v) is 2.58. The normalized spacial score (nSPS) is 12.6. The molecule has 0 radical (unpaired) electrons. The molecule has 0 saturated carbocycles. The van der Waals surface area contributed by atoms with Gasteiger partial charge in [-0.2, -0.15) is 0 Å². The summed E-state index contributed by atoms with van der Waals surface area (Å²) in [5.41, 5.74) is 0.967. The van der Waals surface area contributed by atoms with Crippen molar-refractivity contribution in [2.45, 2.75) is 12.8 Å². The van der Waals surface area contributed by atoms with Crippen LogP contribution in [0.3, 0.4) is 0 Å². The van der Waals surface area contributed by atoms with E-state index in [0.717, 1.165) is 16.3 Å². The van der Waals surface area contributed by atoms with Crippen molar-refractivity contribution in [2.75, 3.05) is 0 Å². The van der Waals surface area contributed by atoms with Gasteiger partial charge in [-0.1, -0.05) is 40.5 Å². The van der Waals surface area contributed by atoms with Gasteiger partial charge in [0.2, 0.25) is 0 Å². The molecule has 0 fully saturated rings. The van der Waals surface area contributed by atoms with Crippen molar-refractivity contribution < 1.29 is 4.79 Å². The largest absolute Gasteiger partial charge is 0.303 e. The molecule has 12 heavy (non-hydrogen) atoms. The molecule has 3 heteroatoms. The molecular formula is C9H8BrClO. The first-order valence-corrected chi connectivity index (χ1v) is 4.72. The number of hydrogen-bond donors (Lipinski definition) is 0. The van der Waals surface area contributed by atoms with Gasteiger partial charge >= 0.3 is 0 Å². The van der Waals surface area contributed by atoms with E-state index in [0.29, 0.717) is 5.02 Å². The molecule has 1 aromatic rings. The molecule has 0 unspecified atom stereocenters. The van der Waals surface area contributed by atoms with Crippen LogP contribution in [0.4, 0.5) is 0 Å². The fraction of sp³-hybridized carbons (Fsp3) is 0.222. The van der Waals surface area contributed by atoms with Crippen LogP contribution in [0.1, 0.15) is 18.4 Å². The average Bonchev–Trinajstić information content (AvgIpc) is 2.03. The van der Waals surface area contributed by atoms with Crippen LogP contribution < -0.4 is 0 Å². The van der Waals surface area contributed by atoms with Crippen LogP contribution in [-0.4, -0.2) is 6.29 Å². The van der Waals surface area contributed by atoms with Crippen LogP contribution in [0, 0.1) is 0 Å². The maximum atomic E-state index is 10.5. The molecule has 0 bridgehead atoms. The Morgan fingerprint density at radius 1 is 1.58 bits per heavy atom. The summed E-state index contributed by atoms with van der Waals surface area (Å²) in [6.07, 6.45) is 0.911. The maximum Gasteiger partial charge on any atom is 0.127 e. The Labute approximate surface area is 84.9 Å². The molecule has 0 aliphatic rings. The van der Waals surface area contributed by atoms with Gasteiger partial charge in [0, 0.05) is 15.4 Å². The van der Waals surface area contributed by atoms with Crippen molar-refractivity contribution in [1.29, 1.82) is 0 Å². The Morgan fingerprint density at radius 3 is 2.75 bits per heavy atom. The number of carbonyl (C=O) groups excluding carboxylic acids is 1. The van der Waals surface area contributed by atoms with Crippen LogP contribution in [0.5, 0.6) is 0 Å². The van der Waals surface area contributed by atoms with E-state index >= 15 is 0 Å². The molecule has 1 aromatic carbocycles. The predicted molar refractivity (Wildman–Crippen MR) is 53.6 cm³/mol. The Balaban J connectivity index is 3.09. The van der Waals surface area contributed by atoms with E-state index in [9.17, 15) is 4.79 Å². The van der Waals surface area contributed by atoms with Crippen LogP contribution in [0.2, 0.25) is 5.02 Å². The average molecular weight is 248 g/mol. The molecule has 64 valence electrons. The van der Waals surface area contributed by atoms with E-state index in [4.69, 9.17) is 11.6 Å². The van der Waals surface area contributed by atoms with Crippen molar-refractivity contribution in [3.05, 3.63) is 33.3 Å². The zero-order valence-electron chi connectivity index (χ0n) is 6.55. The van der Waals surface area contributed by atoms with Crippen LogP contribution in [0.25, 0.3) is 0 Å². The van der Waals surface area contributed by atoms with Crippen LogP contribution in [0.15, 0.2) is 22.7 Å². The quantitative estimate of drug-likeness (QED) is 0.732. The van der Waals surface area contributed by atoms with Gasteiger partial charge in [0.1, 0.15) is 6.29 Å². The highest BCUT2D eigenvalue weighted by atomic mass is 79.9. The van der Waals surface area contributed by atoms with Gasteiger partial charge in [-0.3, -0.25) is 0 Å². The molecule has 0 aliphatic carbocycles. The van der Waals surface area contributed by atoms with E-state index in [1.54, 1.807) is 12.1 Å². The zero-order chi connectivity index (χ0) is 9.14. The lowest BCUT2D eigenvalue weighted by Crippen LogP contribution is -1.94. The third-order valence-electron chi connectivity index (χ3n) is 1.66. The van der Waals surface area contributed by atoms with E-state index in [1.165, 1.54) is 0 Å². The summed E-state index contributed by atoms with van der Waals surface area (Å²) >= 11 is 9.09. The Morgan fingerprint density at radius 2 is 2.25 bits per heavy atom. The molecule has 0 spiro atoms. The van der Waals surface area contributed by atoms with Crippen molar-refractivity contribution in [1.82, 2.24) is 0 Å². The third kappa shape index (κ3) is 2.08. The van der Waals surface area contributed by atoms with E-state index in [-0.39, 0.29) is 5.92 Å². The second-order valence-electron chi connectivity index (χ2n) is 2.59. The van der Waals surface area contributed by atoms with E-state index in [2.05, 4.69) is 15.9 Å². The molecule has 0 heterocycles. The number of halogens is 2. The number of aldehydes is 1. The Bertz CT molecular complexity index is 299. The number of carbonyl (C=O) groups is 1. The molecule has 1 nitrogen and oxygen atoms in total. The Kier molecular flexibility index (Phi) is 3.29. The maximum absolute atomic E-state index is 10.5. The lowest BCUT2D eigenvalue weighted by Gasteiger charge is -2.06. The summed E-state index contributed by atoms with van der Waals surface area (Å²) < 4.78 is 0.884. The van der Waals surface area contributed by atoms with Crippen molar-refractivity contribution in [3.63, 3.8) is 0 Å². The first-order chi connectivity index (χ1) is 5.65. The molecule has 0 aliphatic heterocycles. The predicted octanol–water partition coefficient (Wildman–Crippen LogP) is 3.40. The molecule has 0 amide bonds.